The minimum absolute atomic E-state index is 0.0622. The average Bonchev–Trinajstić information content (AvgIpc) is 2.66. The number of amides is 3. The van der Waals surface area contributed by atoms with E-state index in [0.717, 1.165) is 5.56 Å². The van der Waals surface area contributed by atoms with Gasteiger partial charge in [-0.15, -0.1) is 0 Å². The van der Waals surface area contributed by atoms with Crippen molar-refractivity contribution in [2.45, 2.75) is 33.6 Å². The number of nitrogens with one attached hydrogen (secondary N) is 2. The number of carbonyl (C=O) groups is 3. The lowest BCUT2D eigenvalue weighted by molar-refractivity contribution is -0.139. The van der Waals surface area contributed by atoms with Gasteiger partial charge in [0.05, 0.1) is 13.1 Å². The largest absolute Gasteiger partial charge is 0.385 e. The summed E-state index contributed by atoms with van der Waals surface area (Å²) in [5.74, 6) is -0.882. The van der Waals surface area contributed by atoms with E-state index in [9.17, 15) is 14.4 Å². The quantitative estimate of drug-likeness (QED) is 0.577. The summed E-state index contributed by atoms with van der Waals surface area (Å²) in [6.07, 6.45) is 1.36. The van der Waals surface area contributed by atoms with E-state index in [1.165, 1.54) is 4.90 Å². The molecule has 0 aromatic heterocycles. The number of hydrogen-bond donors (Lipinski definition) is 2. The molecule has 0 heterocycles. The molecule has 3 amide bonds. The Labute approximate surface area is 161 Å². The summed E-state index contributed by atoms with van der Waals surface area (Å²) in [6.45, 7) is 6.50. The second-order valence-electron chi connectivity index (χ2n) is 6.61. The van der Waals surface area contributed by atoms with Crippen molar-refractivity contribution < 1.29 is 19.1 Å². The highest BCUT2D eigenvalue weighted by atomic mass is 16.5. The van der Waals surface area contributed by atoms with Gasteiger partial charge in [-0.3, -0.25) is 14.4 Å². The first kappa shape index (κ1) is 22.6. The lowest BCUT2D eigenvalue weighted by atomic mass is 10.1. The third-order valence-corrected chi connectivity index (χ3v) is 4.24. The van der Waals surface area contributed by atoms with E-state index in [0.29, 0.717) is 31.7 Å². The summed E-state index contributed by atoms with van der Waals surface area (Å²) in [5.41, 5.74) is 1.77. The number of hydrogen-bond acceptors (Lipinski definition) is 4. The maximum Gasteiger partial charge on any atom is 0.243 e. The molecule has 0 aliphatic heterocycles. The van der Waals surface area contributed by atoms with Gasteiger partial charge in [-0.2, -0.15) is 0 Å². The van der Waals surface area contributed by atoms with Crippen molar-refractivity contribution in [1.82, 2.24) is 10.2 Å². The van der Waals surface area contributed by atoms with Gasteiger partial charge in [0.25, 0.3) is 0 Å². The van der Waals surface area contributed by atoms with Crippen LogP contribution in [0.5, 0.6) is 0 Å². The van der Waals surface area contributed by atoms with Gasteiger partial charge in [0.2, 0.25) is 17.7 Å². The molecule has 0 bridgehead atoms. The fraction of sp³-hybridized carbons (Fsp3) is 0.550. The van der Waals surface area contributed by atoms with Gasteiger partial charge in [0.1, 0.15) is 0 Å². The van der Waals surface area contributed by atoms with E-state index in [1.807, 2.05) is 32.9 Å². The van der Waals surface area contributed by atoms with E-state index in [2.05, 4.69) is 10.6 Å². The highest BCUT2D eigenvalue weighted by molar-refractivity contribution is 5.95. The van der Waals surface area contributed by atoms with Crippen LogP contribution in [0.2, 0.25) is 0 Å². The topological polar surface area (TPSA) is 87.7 Å². The number of rotatable bonds is 11. The number of aryl methyl sites for hydroxylation is 1. The summed E-state index contributed by atoms with van der Waals surface area (Å²) >= 11 is 0. The lowest BCUT2D eigenvalue weighted by Gasteiger charge is -2.25. The second-order valence-corrected chi connectivity index (χ2v) is 6.61. The van der Waals surface area contributed by atoms with Crippen molar-refractivity contribution in [2.75, 3.05) is 38.7 Å². The SMILES string of the molecule is CCC(C)C(=O)N(CCCOC)CC(=O)NCC(=O)Nc1ccc(C)cc1. The number of benzene rings is 1. The Morgan fingerprint density at radius 1 is 1.15 bits per heavy atom. The summed E-state index contributed by atoms with van der Waals surface area (Å²) in [5, 5.41) is 5.29. The second kappa shape index (κ2) is 12.1. The highest BCUT2D eigenvalue weighted by Gasteiger charge is 2.21. The van der Waals surface area contributed by atoms with Crippen molar-refractivity contribution in [3.8, 4) is 0 Å². The number of methoxy groups -OCH3 is 1. The predicted octanol–water partition coefficient (Wildman–Crippen LogP) is 1.96. The molecule has 0 aliphatic rings. The van der Waals surface area contributed by atoms with Crippen molar-refractivity contribution in [2.24, 2.45) is 5.92 Å². The van der Waals surface area contributed by atoms with E-state index in [4.69, 9.17) is 4.74 Å². The van der Waals surface area contributed by atoms with Gasteiger partial charge in [-0.25, -0.2) is 0 Å². The zero-order valence-corrected chi connectivity index (χ0v) is 16.7. The zero-order valence-electron chi connectivity index (χ0n) is 16.7. The zero-order chi connectivity index (χ0) is 20.2. The third kappa shape index (κ3) is 8.68. The highest BCUT2D eigenvalue weighted by Crippen LogP contribution is 2.09. The molecule has 0 saturated heterocycles. The molecule has 0 fully saturated rings. The Morgan fingerprint density at radius 3 is 2.41 bits per heavy atom. The van der Waals surface area contributed by atoms with Crippen LogP contribution in [0.3, 0.4) is 0 Å². The molecule has 0 aliphatic carbocycles. The van der Waals surface area contributed by atoms with Crippen LogP contribution in [0.4, 0.5) is 5.69 Å². The fourth-order valence-corrected chi connectivity index (χ4v) is 2.40. The van der Waals surface area contributed by atoms with Gasteiger partial charge in [0.15, 0.2) is 0 Å². The average molecular weight is 377 g/mol. The van der Waals surface area contributed by atoms with Crippen LogP contribution in [0.25, 0.3) is 0 Å². The van der Waals surface area contributed by atoms with Crippen LogP contribution in [0, 0.1) is 12.8 Å². The van der Waals surface area contributed by atoms with Crippen LogP contribution in [0.1, 0.15) is 32.3 Å². The summed E-state index contributed by atoms with van der Waals surface area (Å²) in [6, 6.07) is 7.40. The normalized spacial score (nSPS) is 11.6. The summed E-state index contributed by atoms with van der Waals surface area (Å²) in [7, 11) is 1.60. The molecule has 0 radical (unpaired) electrons. The van der Waals surface area contributed by atoms with Crippen molar-refractivity contribution in [1.29, 1.82) is 0 Å². The van der Waals surface area contributed by atoms with E-state index >= 15 is 0 Å². The molecule has 7 nitrogen and oxygen atoms in total. The van der Waals surface area contributed by atoms with Gasteiger partial charge in [-0.1, -0.05) is 31.5 Å². The molecule has 1 unspecified atom stereocenters. The molecule has 1 atom stereocenters. The Morgan fingerprint density at radius 2 is 1.81 bits per heavy atom. The Balaban J connectivity index is 2.50. The molecule has 27 heavy (non-hydrogen) atoms. The number of carbonyl (C=O) groups excluding carboxylic acids is 3. The Bertz CT molecular complexity index is 616. The maximum absolute atomic E-state index is 12.4. The van der Waals surface area contributed by atoms with Crippen LogP contribution in [-0.4, -0.2) is 56.0 Å². The summed E-state index contributed by atoms with van der Waals surface area (Å²) < 4.78 is 5.02. The van der Waals surface area contributed by atoms with Gasteiger partial charge in [0, 0.05) is 31.9 Å². The first-order chi connectivity index (χ1) is 12.9. The predicted molar refractivity (Wildman–Crippen MR) is 105 cm³/mol. The molecular weight excluding hydrogens is 346 g/mol. The van der Waals surface area contributed by atoms with Crippen LogP contribution >= 0.6 is 0 Å². The van der Waals surface area contributed by atoms with Crippen LogP contribution < -0.4 is 10.6 Å². The van der Waals surface area contributed by atoms with Gasteiger partial charge < -0.3 is 20.3 Å². The van der Waals surface area contributed by atoms with Gasteiger partial charge in [-0.05, 0) is 31.9 Å². The first-order valence-electron chi connectivity index (χ1n) is 9.28. The molecule has 0 saturated carbocycles. The smallest absolute Gasteiger partial charge is 0.243 e. The number of anilines is 1. The molecule has 1 aromatic carbocycles. The monoisotopic (exact) mass is 377 g/mol. The van der Waals surface area contributed by atoms with Crippen LogP contribution in [-0.2, 0) is 19.1 Å². The molecule has 7 heteroatoms. The van der Waals surface area contributed by atoms with Crippen LogP contribution in [0.15, 0.2) is 24.3 Å². The molecule has 1 aromatic rings. The van der Waals surface area contributed by atoms with Crippen molar-refractivity contribution >= 4 is 23.4 Å². The minimum Gasteiger partial charge on any atom is -0.385 e. The molecule has 1 rings (SSSR count). The third-order valence-electron chi connectivity index (χ3n) is 4.24. The van der Waals surface area contributed by atoms with Gasteiger partial charge >= 0.3 is 0 Å². The molecule has 150 valence electrons. The maximum atomic E-state index is 12.4. The number of ether oxygens (including phenoxy) is 1. The molecule has 0 spiro atoms. The molecule has 2 N–H and O–H groups in total. The standard InChI is InChI=1S/C20H31N3O4/c1-5-16(3)20(26)23(11-6-12-27-4)14-19(25)21-13-18(24)22-17-9-7-15(2)8-10-17/h7-10,16H,5-6,11-14H2,1-4H3,(H,21,25)(H,22,24). The number of nitrogens with zero attached hydrogens (tertiary/aromatic N) is 1. The van der Waals surface area contributed by atoms with Crippen molar-refractivity contribution in [3.63, 3.8) is 0 Å². The molecular formula is C20H31N3O4. The van der Waals surface area contributed by atoms with Crippen molar-refractivity contribution in [3.05, 3.63) is 29.8 Å². The summed E-state index contributed by atoms with van der Waals surface area (Å²) in [4.78, 5) is 38.1. The minimum atomic E-state index is -0.358. The Hall–Kier alpha value is -2.41. The van der Waals surface area contributed by atoms with E-state index in [-0.39, 0.29) is 36.7 Å². The van der Waals surface area contributed by atoms with E-state index in [1.54, 1.807) is 19.2 Å². The lowest BCUT2D eigenvalue weighted by Crippen LogP contribution is -2.45. The fourth-order valence-electron chi connectivity index (χ4n) is 2.40. The first-order valence-corrected chi connectivity index (χ1v) is 9.28. The Kier molecular flexibility index (Phi) is 10.1. The van der Waals surface area contributed by atoms with E-state index < -0.39 is 0 Å².